The van der Waals surface area contributed by atoms with Gasteiger partial charge in [0, 0.05) is 17.7 Å². The van der Waals surface area contributed by atoms with Crippen LogP contribution in [0.15, 0.2) is 0 Å². The molecular weight excluding hydrogens is 723 g/mol. The van der Waals surface area contributed by atoms with Crippen LogP contribution in [-0.2, 0) is 14.3 Å². The first kappa shape index (κ1) is 26.3. The van der Waals surface area contributed by atoms with Crippen molar-refractivity contribution in [1.82, 2.24) is 10.6 Å². The van der Waals surface area contributed by atoms with Crippen molar-refractivity contribution >= 4 is 97.2 Å². The van der Waals surface area contributed by atoms with Gasteiger partial charge in [-0.1, -0.05) is 13.8 Å². The summed E-state index contributed by atoms with van der Waals surface area (Å²) in [5, 5.41) is 17.4. The highest BCUT2D eigenvalue weighted by Gasteiger charge is 2.31. The number of likely N-dealkylation sites (N-methyl/N-ethyl adjacent to an activating group) is 1. The summed E-state index contributed by atoms with van der Waals surface area (Å²) >= 11 is 5.49. The maximum atomic E-state index is 13.0. The monoisotopic (exact) mass is 743 g/mol. The third-order valence-electron chi connectivity index (χ3n) is 3.78. The molecule has 0 spiro atoms. The molecule has 0 saturated heterocycles. The molecule has 1 aromatic rings. The number of amides is 3. The molecule has 0 aliphatic heterocycles. The molecule has 1 aromatic carbocycles. The topological polar surface area (TPSA) is 134 Å². The van der Waals surface area contributed by atoms with Gasteiger partial charge in [0.15, 0.2) is 0 Å². The van der Waals surface area contributed by atoms with E-state index < -0.39 is 23.8 Å². The quantitative estimate of drug-likeness (QED) is 0.303. The van der Waals surface area contributed by atoms with Gasteiger partial charge < -0.3 is 25.8 Å². The number of hydrogen-bond donors (Lipinski definition) is 4. The lowest BCUT2D eigenvalue weighted by Crippen LogP contribution is -2.49. The van der Waals surface area contributed by atoms with Crippen molar-refractivity contribution in [2.45, 2.75) is 19.9 Å². The Kier molecular flexibility index (Phi) is 10.5. The zero-order valence-corrected chi connectivity index (χ0v) is 22.5. The van der Waals surface area contributed by atoms with Crippen LogP contribution in [0, 0.1) is 16.6 Å². The largest absolute Gasteiger partial charge is 0.478 e. The second-order valence-corrected chi connectivity index (χ2v) is 9.40. The average molecular weight is 743 g/mol. The molecule has 4 N–H and O–H groups in total. The van der Waals surface area contributed by atoms with Crippen LogP contribution >= 0.6 is 67.8 Å². The van der Waals surface area contributed by atoms with Gasteiger partial charge in [-0.15, -0.1) is 0 Å². The molecule has 12 heteroatoms. The van der Waals surface area contributed by atoms with E-state index in [1.807, 2.05) is 45.2 Å². The Morgan fingerprint density at radius 2 is 1.59 bits per heavy atom. The maximum absolute atomic E-state index is 13.0. The van der Waals surface area contributed by atoms with E-state index in [0.29, 0.717) is 3.57 Å². The molecule has 0 fully saturated rings. The summed E-state index contributed by atoms with van der Waals surface area (Å²) in [4.78, 5) is 49.0. The number of aromatic carboxylic acids is 1. The first-order valence-electron chi connectivity index (χ1n) is 8.22. The van der Waals surface area contributed by atoms with Crippen molar-refractivity contribution in [3.8, 4) is 0 Å². The van der Waals surface area contributed by atoms with Crippen LogP contribution < -0.4 is 16.0 Å². The molecule has 3 amide bonds. The van der Waals surface area contributed by atoms with Crippen molar-refractivity contribution < 1.29 is 29.0 Å². The molecule has 0 saturated carbocycles. The third kappa shape index (κ3) is 6.36. The number of anilines is 1. The van der Waals surface area contributed by atoms with E-state index in [1.54, 1.807) is 36.4 Å². The van der Waals surface area contributed by atoms with Gasteiger partial charge in [-0.2, -0.15) is 0 Å². The molecule has 0 radical (unpaired) electrons. The van der Waals surface area contributed by atoms with E-state index in [-0.39, 0.29) is 42.4 Å². The first-order valence-corrected chi connectivity index (χ1v) is 11.5. The second kappa shape index (κ2) is 11.6. The third-order valence-corrected chi connectivity index (χ3v) is 7.02. The molecule has 0 heterocycles. The molecule has 0 aliphatic carbocycles. The van der Waals surface area contributed by atoms with Crippen molar-refractivity contribution in [2.24, 2.45) is 5.92 Å². The fourth-order valence-corrected chi connectivity index (χ4v) is 6.76. The minimum Gasteiger partial charge on any atom is -0.478 e. The van der Waals surface area contributed by atoms with Gasteiger partial charge in [-0.05, 0) is 73.7 Å². The summed E-state index contributed by atoms with van der Waals surface area (Å²) in [5.41, 5.74) is 0.175. The van der Waals surface area contributed by atoms with E-state index in [2.05, 4.69) is 16.0 Å². The van der Waals surface area contributed by atoms with E-state index in [1.165, 1.54) is 14.2 Å². The highest BCUT2D eigenvalue weighted by Crippen LogP contribution is 2.35. The summed E-state index contributed by atoms with van der Waals surface area (Å²) in [7, 11) is 2.82. The predicted molar refractivity (Wildman–Crippen MR) is 132 cm³/mol. The number of carbonyl (C=O) groups is 4. The standard InChI is InChI=1S/C17H20I3N3O6/c1-6(2)13(16(26)21-3)23-15(25)8-10(18)9(17(27)28)12(20)14(11(8)19)22-7(24)5-29-4/h6,13H,5H2,1-4H3,(H,21,26)(H,22,24)(H,23,25)(H,27,28). The number of methoxy groups -OCH3 is 1. The Bertz CT molecular complexity index is 844. The minimum atomic E-state index is -1.24. The average Bonchev–Trinajstić information content (AvgIpc) is 2.62. The van der Waals surface area contributed by atoms with E-state index in [4.69, 9.17) is 4.74 Å². The van der Waals surface area contributed by atoms with Gasteiger partial charge in [0.2, 0.25) is 11.8 Å². The van der Waals surface area contributed by atoms with Crippen molar-refractivity contribution in [1.29, 1.82) is 0 Å². The number of carboxylic acid groups (broad SMARTS) is 1. The zero-order chi connectivity index (χ0) is 22.5. The highest BCUT2D eigenvalue weighted by atomic mass is 127. The minimum absolute atomic E-state index is 0.0753. The summed E-state index contributed by atoms with van der Waals surface area (Å²) in [6.45, 7) is 3.33. The maximum Gasteiger partial charge on any atom is 0.337 e. The van der Waals surface area contributed by atoms with Gasteiger partial charge in [-0.25, -0.2) is 4.79 Å². The lowest BCUT2D eigenvalue weighted by Gasteiger charge is -2.23. The van der Waals surface area contributed by atoms with E-state index >= 15 is 0 Å². The summed E-state index contributed by atoms with van der Waals surface area (Å²) in [6, 6.07) is -0.807. The van der Waals surface area contributed by atoms with Gasteiger partial charge in [-0.3, -0.25) is 14.4 Å². The Hall–Kier alpha value is -0.750. The number of nitrogens with one attached hydrogen (secondary N) is 3. The number of halogens is 3. The van der Waals surface area contributed by atoms with Crippen LogP contribution in [0.2, 0.25) is 0 Å². The van der Waals surface area contributed by atoms with Crippen molar-refractivity contribution in [3.05, 3.63) is 21.8 Å². The van der Waals surface area contributed by atoms with Crippen LogP contribution in [0.5, 0.6) is 0 Å². The molecule has 9 nitrogen and oxygen atoms in total. The highest BCUT2D eigenvalue weighted by molar-refractivity contribution is 14.1. The lowest BCUT2D eigenvalue weighted by molar-refractivity contribution is -0.123. The molecule has 1 unspecified atom stereocenters. The summed E-state index contributed by atoms with van der Waals surface area (Å²) < 4.78 is 5.66. The van der Waals surface area contributed by atoms with Gasteiger partial charge >= 0.3 is 5.97 Å². The number of rotatable bonds is 8. The number of benzene rings is 1. The van der Waals surface area contributed by atoms with Crippen LogP contribution in [0.3, 0.4) is 0 Å². The lowest BCUT2D eigenvalue weighted by atomic mass is 10.0. The van der Waals surface area contributed by atoms with Crippen molar-refractivity contribution in [3.63, 3.8) is 0 Å². The van der Waals surface area contributed by atoms with Gasteiger partial charge in [0.1, 0.15) is 12.6 Å². The Morgan fingerprint density at radius 1 is 1.03 bits per heavy atom. The molecule has 0 bridgehead atoms. The van der Waals surface area contributed by atoms with Gasteiger partial charge in [0.05, 0.1) is 24.0 Å². The molecule has 1 atom stereocenters. The van der Waals surface area contributed by atoms with Crippen LogP contribution in [0.25, 0.3) is 0 Å². The number of ether oxygens (including phenoxy) is 1. The van der Waals surface area contributed by atoms with Crippen LogP contribution in [0.4, 0.5) is 5.69 Å². The van der Waals surface area contributed by atoms with E-state index in [0.717, 1.165) is 0 Å². The normalized spacial score (nSPS) is 11.7. The van der Waals surface area contributed by atoms with Crippen molar-refractivity contribution in [2.75, 3.05) is 26.1 Å². The summed E-state index contributed by atoms with van der Waals surface area (Å²) in [5.74, 6) is -2.90. The second-order valence-electron chi connectivity index (χ2n) is 6.16. The molecule has 29 heavy (non-hydrogen) atoms. The molecule has 160 valence electrons. The Balaban J connectivity index is 3.57. The fourth-order valence-electron chi connectivity index (χ4n) is 2.37. The Morgan fingerprint density at radius 3 is 2.03 bits per heavy atom. The molecular formula is C17H20I3N3O6. The Labute approximate surface area is 208 Å². The summed E-state index contributed by atoms with van der Waals surface area (Å²) in [6.07, 6.45) is 0. The number of hydrogen-bond acceptors (Lipinski definition) is 5. The first-order chi connectivity index (χ1) is 13.5. The van der Waals surface area contributed by atoms with E-state index in [9.17, 15) is 24.3 Å². The number of carbonyl (C=O) groups excluding carboxylic acids is 3. The molecule has 0 aromatic heterocycles. The van der Waals surface area contributed by atoms with Gasteiger partial charge in [0.25, 0.3) is 5.91 Å². The molecule has 0 aliphatic rings. The smallest absolute Gasteiger partial charge is 0.337 e. The molecule has 1 rings (SSSR count). The zero-order valence-electron chi connectivity index (χ0n) is 16.0. The van der Waals surface area contributed by atoms with Crippen LogP contribution in [-0.4, -0.2) is 55.6 Å². The number of carboxylic acids is 1. The van der Waals surface area contributed by atoms with Crippen LogP contribution in [0.1, 0.15) is 34.6 Å². The predicted octanol–water partition coefficient (Wildman–Crippen LogP) is 2.28. The SMILES string of the molecule is CNC(=O)C(NC(=O)c1c(I)c(NC(=O)COC)c(I)c(C(=O)O)c1I)C(C)C. The fraction of sp³-hybridized carbons (Fsp3) is 0.412.